The van der Waals surface area contributed by atoms with Gasteiger partial charge in [-0.2, -0.15) is 5.26 Å². The summed E-state index contributed by atoms with van der Waals surface area (Å²) in [6, 6.07) is 9.78. The average Bonchev–Trinajstić information content (AvgIpc) is 3.64. The van der Waals surface area contributed by atoms with Crippen LogP contribution in [0.25, 0.3) is 11.1 Å². The number of halogens is 1. The number of amidine groups is 1. The van der Waals surface area contributed by atoms with Gasteiger partial charge in [0, 0.05) is 29.4 Å². The van der Waals surface area contributed by atoms with Crippen molar-refractivity contribution in [2.45, 2.75) is 12.3 Å². The molecule has 1 aliphatic carbocycles. The molecule has 1 saturated carbocycles. The Hall–Kier alpha value is -3.94. The molecule has 1 fully saturated rings. The number of nitrogens with zero attached hydrogens (tertiary/aromatic N) is 3. The number of hydrogen-bond donors (Lipinski definition) is 4. The average molecular weight is 507 g/mol. The summed E-state index contributed by atoms with van der Waals surface area (Å²) in [6.45, 7) is 0. The van der Waals surface area contributed by atoms with Crippen molar-refractivity contribution in [3.8, 4) is 28.7 Å². The minimum Gasteiger partial charge on any atom is -0.508 e. The van der Waals surface area contributed by atoms with E-state index in [1.54, 1.807) is 18.2 Å². The van der Waals surface area contributed by atoms with E-state index in [0.717, 1.165) is 11.8 Å². The van der Waals surface area contributed by atoms with Gasteiger partial charge in [-0.15, -0.1) is 0 Å². The van der Waals surface area contributed by atoms with Crippen molar-refractivity contribution in [2.75, 3.05) is 7.11 Å². The van der Waals surface area contributed by atoms with E-state index in [2.05, 4.69) is 15.3 Å². The molecule has 176 valence electrons. The fourth-order valence-corrected chi connectivity index (χ4v) is 4.67. The molecule has 4 rings (SSSR count). The number of aromatic nitrogens is 2. The number of phenols is 1. The van der Waals surface area contributed by atoms with Crippen molar-refractivity contribution < 1.29 is 14.6 Å². The maximum Gasteiger partial charge on any atom is 0.257 e. The van der Waals surface area contributed by atoms with Crippen LogP contribution in [0.1, 0.15) is 33.8 Å². The van der Waals surface area contributed by atoms with E-state index >= 15 is 0 Å². The van der Waals surface area contributed by atoms with Gasteiger partial charge in [0.1, 0.15) is 16.7 Å². The number of nitriles is 1. The summed E-state index contributed by atoms with van der Waals surface area (Å²) in [5.74, 6) is -0.347. The highest BCUT2D eigenvalue weighted by atomic mass is 35.5. The molecule has 2 unspecified atom stereocenters. The summed E-state index contributed by atoms with van der Waals surface area (Å²) < 4.78 is 5.34. The summed E-state index contributed by atoms with van der Waals surface area (Å²) in [5, 5.41) is 38.4. The van der Waals surface area contributed by atoms with Crippen molar-refractivity contribution in [1.82, 2.24) is 15.3 Å². The number of carbonyl (C=O) groups is 1. The number of amides is 1. The van der Waals surface area contributed by atoms with Gasteiger partial charge in [-0.1, -0.05) is 17.7 Å². The molecule has 0 spiro atoms. The molecule has 2 aromatic heterocycles. The molecule has 9 nitrogen and oxygen atoms in total. The van der Waals surface area contributed by atoms with Crippen molar-refractivity contribution in [3.63, 3.8) is 0 Å². The van der Waals surface area contributed by atoms with Crippen LogP contribution in [-0.4, -0.2) is 38.3 Å². The number of benzene rings is 1. The second-order valence-electron chi connectivity index (χ2n) is 7.71. The first kappa shape index (κ1) is 24.2. The lowest BCUT2D eigenvalue weighted by Crippen LogP contribution is -2.29. The van der Waals surface area contributed by atoms with Crippen LogP contribution in [0.15, 0.2) is 48.9 Å². The molecular weight excluding hydrogens is 488 g/mol. The van der Waals surface area contributed by atoms with Gasteiger partial charge in [-0.25, -0.2) is 4.98 Å². The van der Waals surface area contributed by atoms with Crippen molar-refractivity contribution in [1.29, 1.82) is 16.1 Å². The fraction of sp³-hybridized carbons (Fsp3) is 0.167. The molecule has 0 radical (unpaired) electrons. The van der Waals surface area contributed by atoms with Crippen molar-refractivity contribution >= 4 is 39.5 Å². The molecule has 1 aromatic carbocycles. The number of carbonyl (C=O) groups excluding carboxylic acids is 1. The van der Waals surface area contributed by atoms with Crippen LogP contribution in [0.3, 0.4) is 0 Å². The minimum absolute atomic E-state index is 0.0228. The van der Waals surface area contributed by atoms with Crippen LogP contribution in [0, 0.1) is 28.1 Å². The van der Waals surface area contributed by atoms with Crippen LogP contribution in [-0.2, 0) is 0 Å². The van der Waals surface area contributed by atoms with Gasteiger partial charge in [0.05, 0.1) is 35.5 Å². The SMILES string of the molecule is COc1cnc(Cl)cc1-c1cnccc1C(=O)NC(=N)SC(=N)C1CC1c1ccc(C#N)cc1O. The van der Waals surface area contributed by atoms with Crippen LogP contribution in [0.5, 0.6) is 11.5 Å². The van der Waals surface area contributed by atoms with E-state index in [1.807, 2.05) is 6.07 Å². The largest absolute Gasteiger partial charge is 0.508 e. The molecule has 0 saturated heterocycles. The topological polar surface area (TPSA) is 156 Å². The Labute approximate surface area is 210 Å². The van der Waals surface area contributed by atoms with E-state index in [-0.39, 0.29) is 38.5 Å². The molecule has 35 heavy (non-hydrogen) atoms. The predicted octanol–water partition coefficient (Wildman–Crippen LogP) is 4.56. The first-order valence-corrected chi connectivity index (χ1v) is 11.5. The van der Waals surface area contributed by atoms with Crippen molar-refractivity contribution in [2.24, 2.45) is 5.92 Å². The van der Waals surface area contributed by atoms with Gasteiger partial charge in [-0.3, -0.25) is 20.6 Å². The normalized spacial score (nSPS) is 16.1. The third-order valence-corrected chi connectivity index (χ3v) is 6.57. The summed E-state index contributed by atoms with van der Waals surface area (Å²) in [7, 11) is 1.48. The Bertz CT molecular complexity index is 1390. The van der Waals surface area contributed by atoms with E-state index in [1.165, 1.54) is 37.8 Å². The number of methoxy groups -OCH3 is 1. The zero-order valence-electron chi connectivity index (χ0n) is 18.4. The van der Waals surface area contributed by atoms with Gasteiger partial charge in [0.25, 0.3) is 5.91 Å². The molecule has 3 aromatic rings. The summed E-state index contributed by atoms with van der Waals surface area (Å²) >= 11 is 6.88. The molecule has 0 bridgehead atoms. The molecular formula is C24H19ClN6O3S. The van der Waals surface area contributed by atoms with Crippen LogP contribution in [0.4, 0.5) is 0 Å². The maximum atomic E-state index is 13.0. The van der Waals surface area contributed by atoms with Crippen LogP contribution < -0.4 is 10.1 Å². The number of nitrogens with one attached hydrogen (secondary N) is 3. The van der Waals surface area contributed by atoms with E-state index in [4.69, 9.17) is 32.4 Å². The highest BCUT2D eigenvalue weighted by molar-refractivity contribution is 8.26. The number of rotatable bonds is 5. The maximum absolute atomic E-state index is 13.0. The van der Waals surface area contributed by atoms with E-state index < -0.39 is 5.91 Å². The standard InChI is InChI=1S/C24H19ClN6O3S/c1-34-20-11-30-21(25)8-16(20)18-10-29-5-4-14(18)23(33)31-24(28)35-22(27)17-7-15(17)13-3-2-12(9-26)6-19(13)32/h2-6,8,10-11,15,17,27,32H,7H2,1H3,(H2,28,31,33). The number of aromatic hydroxyl groups is 1. The first-order chi connectivity index (χ1) is 16.8. The predicted molar refractivity (Wildman–Crippen MR) is 133 cm³/mol. The molecule has 11 heteroatoms. The van der Waals surface area contributed by atoms with Crippen LogP contribution >= 0.6 is 23.4 Å². The third kappa shape index (κ3) is 5.26. The third-order valence-electron chi connectivity index (χ3n) is 5.54. The van der Waals surface area contributed by atoms with Gasteiger partial charge in [0.2, 0.25) is 0 Å². The molecule has 4 N–H and O–H groups in total. The quantitative estimate of drug-likeness (QED) is 0.224. The summed E-state index contributed by atoms with van der Waals surface area (Å²) in [6.07, 6.45) is 5.05. The minimum atomic E-state index is -0.542. The monoisotopic (exact) mass is 506 g/mol. The second-order valence-corrected chi connectivity index (χ2v) is 9.15. The summed E-state index contributed by atoms with van der Waals surface area (Å²) in [4.78, 5) is 21.1. The lowest BCUT2D eigenvalue weighted by molar-refractivity contribution is 0.0978. The fourth-order valence-electron chi connectivity index (χ4n) is 3.73. The van der Waals surface area contributed by atoms with E-state index in [9.17, 15) is 9.90 Å². The lowest BCUT2D eigenvalue weighted by Gasteiger charge is -2.13. The van der Waals surface area contributed by atoms with Gasteiger partial charge in [0.15, 0.2) is 5.17 Å². The zero-order valence-corrected chi connectivity index (χ0v) is 19.9. The molecule has 0 aliphatic heterocycles. The Balaban J connectivity index is 1.43. The molecule has 2 atom stereocenters. The van der Waals surface area contributed by atoms with Gasteiger partial charge < -0.3 is 15.2 Å². The molecule has 2 heterocycles. The number of ether oxygens (including phenoxy) is 1. The Kier molecular flexibility index (Phi) is 7.00. The summed E-state index contributed by atoms with van der Waals surface area (Å²) in [5.41, 5.74) is 2.27. The smallest absolute Gasteiger partial charge is 0.257 e. The molecule has 1 amide bonds. The number of hydrogen-bond acceptors (Lipinski definition) is 9. The van der Waals surface area contributed by atoms with Gasteiger partial charge in [-0.05, 0) is 53.9 Å². The van der Waals surface area contributed by atoms with Crippen LogP contribution in [0.2, 0.25) is 5.15 Å². The number of thioether (sulfide) groups is 1. The Morgan fingerprint density at radius 1 is 1.29 bits per heavy atom. The zero-order chi connectivity index (χ0) is 25.1. The van der Waals surface area contributed by atoms with Gasteiger partial charge >= 0.3 is 0 Å². The number of pyridine rings is 2. The Morgan fingerprint density at radius 2 is 2.09 bits per heavy atom. The first-order valence-electron chi connectivity index (χ1n) is 10.4. The van der Waals surface area contributed by atoms with Crippen molar-refractivity contribution in [3.05, 3.63) is 70.8 Å². The Morgan fingerprint density at radius 3 is 2.80 bits per heavy atom. The highest BCUT2D eigenvalue weighted by Crippen LogP contribution is 2.52. The lowest BCUT2D eigenvalue weighted by atomic mass is 10.0. The molecule has 1 aliphatic rings. The number of phenolic OH excluding ortho intramolecular Hbond substituents is 1. The second kappa shape index (κ2) is 10.1. The van der Waals surface area contributed by atoms with E-state index in [0.29, 0.717) is 34.4 Å². The highest BCUT2D eigenvalue weighted by Gasteiger charge is 2.43.